The van der Waals surface area contributed by atoms with Crippen molar-refractivity contribution in [2.24, 2.45) is 0 Å². The summed E-state index contributed by atoms with van der Waals surface area (Å²) < 4.78 is 11.3. The van der Waals surface area contributed by atoms with Gasteiger partial charge in [-0.05, 0) is 36.8 Å². The number of morpholine rings is 1. The number of nitrogens with one attached hydrogen (secondary N) is 1. The first kappa shape index (κ1) is 22.7. The fraction of sp³-hybridized carbons (Fsp3) is 0.391. The molecule has 2 aromatic carbocycles. The number of halogens is 2. The Morgan fingerprint density at radius 3 is 2.66 bits per heavy atom. The minimum absolute atomic E-state index is 0.0861. The van der Waals surface area contributed by atoms with E-state index in [0.29, 0.717) is 42.1 Å². The van der Waals surface area contributed by atoms with Crippen molar-refractivity contribution in [1.29, 1.82) is 0 Å². The van der Waals surface area contributed by atoms with Crippen LogP contribution < -0.4 is 15.0 Å². The summed E-state index contributed by atoms with van der Waals surface area (Å²) in [6, 6.07) is 12.3. The number of anilines is 1. The topological polar surface area (TPSA) is 71.1 Å². The molecule has 2 unspecified atom stereocenters. The number of fused-ring (bicyclic) bond motifs is 1. The Labute approximate surface area is 197 Å². The molecule has 2 atom stereocenters. The number of para-hydroxylation sites is 2. The van der Waals surface area contributed by atoms with Crippen molar-refractivity contribution in [3.63, 3.8) is 0 Å². The molecule has 32 heavy (non-hydrogen) atoms. The Morgan fingerprint density at radius 2 is 1.91 bits per heavy atom. The molecule has 1 fully saturated rings. The predicted octanol–water partition coefficient (Wildman–Crippen LogP) is 3.30. The van der Waals surface area contributed by atoms with Crippen LogP contribution in [0, 0.1) is 0 Å². The molecule has 2 aliphatic heterocycles. The summed E-state index contributed by atoms with van der Waals surface area (Å²) in [7, 11) is 0. The first-order chi connectivity index (χ1) is 15.4. The summed E-state index contributed by atoms with van der Waals surface area (Å²) in [5.41, 5.74) is 1.57. The lowest BCUT2D eigenvalue weighted by molar-refractivity contribution is -0.142. The largest absolute Gasteiger partial charge is 0.477 e. The Balaban J connectivity index is 1.46. The number of benzene rings is 2. The van der Waals surface area contributed by atoms with Crippen molar-refractivity contribution in [3.05, 3.63) is 58.1 Å². The highest BCUT2D eigenvalue weighted by atomic mass is 35.5. The highest BCUT2D eigenvalue weighted by Crippen LogP contribution is 2.33. The molecule has 7 nitrogen and oxygen atoms in total. The van der Waals surface area contributed by atoms with Gasteiger partial charge in [-0.1, -0.05) is 41.4 Å². The monoisotopic (exact) mass is 477 g/mol. The van der Waals surface area contributed by atoms with Gasteiger partial charge in [-0.3, -0.25) is 9.59 Å². The van der Waals surface area contributed by atoms with Crippen molar-refractivity contribution in [3.8, 4) is 5.75 Å². The molecule has 0 aliphatic carbocycles. The molecule has 2 aliphatic rings. The van der Waals surface area contributed by atoms with Crippen LogP contribution in [0.4, 0.5) is 5.69 Å². The SMILES string of the molecule is CC(NC(=O)CN1CC(C(=O)N2CCOCC2)Oc2ccccc21)c1ccc(Cl)cc1Cl. The minimum Gasteiger partial charge on any atom is -0.477 e. The smallest absolute Gasteiger partial charge is 0.265 e. The molecule has 2 aromatic rings. The molecule has 170 valence electrons. The summed E-state index contributed by atoms with van der Waals surface area (Å²) in [6.45, 7) is 4.36. The van der Waals surface area contributed by atoms with Gasteiger partial charge in [0.05, 0.1) is 38.0 Å². The molecule has 0 bridgehead atoms. The van der Waals surface area contributed by atoms with E-state index in [1.807, 2.05) is 36.1 Å². The highest BCUT2D eigenvalue weighted by Gasteiger charge is 2.34. The average molecular weight is 478 g/mol. The fourth-order valence-corrected chi connectivity index (χ4v) is 4.54. The maximum absolute atomic E-state index is 13.0. The van der Waals surface area contributed by atoms with E-state index in [9.17, 15) is 9.59 Å². The quantitative estimate of drug-likeness (QED) is 0.715. The molecular formula is C23H25Cl2N3O4. The number of amides is 2. The van der Waals surface area contributed by atoms with Gasteiger partial charge in [0.2, 0.25) is 5.91 Å². The minimum atomic E-state index is -0.682. The molecule has 2 amide bonds. The number of rotatable bonds is 5. The van der Waals surface area contributed by atoms with Crippen molar-refractivity contribution >= 4 is 40.7 Å². The summed E-state index contributed by atoms with van der Waals surface area (Å²) in [6.07, 6.45) is -0.682. The molecule has 0 radical (unpaired) electrons. The van der Waals surface area contributed by atoms with Gasteiger partial charge in [0, 0.05) is 23.1 Å². The van der Waals surface area contributed by atoms with E-state index in [1.165, 1.54) is 0 Å². The first-order valence-corrected chi connectivity index (χ1v) is 11.3. The van der Waals surface area contributed by atoms with Crippen LogP contribution in [-0.2, 0) is 14.3 Å². The second-order valence-electron chi connectivity index (χ2n) is 7.85. The van der Waals surface area contributed by atoms with Crippen LogP contribution in [-0.4, -0.2) is 62.2 Å². The van der Waals surface area contributed by atoms with Crippen molar-refractivity contribution in [1.82, 2.24) is 10.2 Å². The zero-order chi connectivity index (χ0) is 22.7. The fourth-order valence-electron chi connectivity index (χ4n) is 3.96. The number of carbonyl (C=O) groups excluding carboxylic acids is 2. The van der Waals surface area contributed by atoms with Crippen LogP contribution >= 0.6 is 23.2 Å². The highest BCUT2D eigenvalue weighted by molar-refractivity contribution is 6.35. The maximum atomic E-state index is 13.0. The third-order valence-corrected chi connectivity index (χ3v) is 6.16. The molecule has 4 rings (SSSR count). The molecule has 1 saturated heterocycles. The standard InChI is InChI=1S/C23H25Cl2N3O4/c1-15(17-7-6-16(24)12-18(17)25)26-22(29)14-28-13-21(23(30)27-8-10-31-11-9-27)32-20-5-3-2-4-19(20)28/h2-7,12,15,21H,8-11,13-14H2,1H3,(H,26,29). The number of hydrogen-bond donors (Lipinski definition) is 1. The number of nitrogens with zero attached hydrogens (tertiary/aromatic N) is 2. The maximum Gasteiger partial charge on any atom is 0.265 e. The Kier molecular flexibility index (Phi) is 7.08. The third-order valence-electron chi connectivity index (χ3n) is 5.60. The van der Waals surface area contributed by atoms with Crippen LogP contribution in [0.25, 0.3) is 0 Å². The second-order valence-corrected chi connectivity index (χ2v) is 8.69. The molecule has 1 N–H and O–H groups in total. The van der Waals surface area contributed by atoms with Crippen LogP contribution in [0.15, 0.2) is 42.5 Å². The van der Waals surface area contributed by atoms with E-state index in [2.05, 4.69) is 5.32 Å². The lowest BCUT2D eigenvalue weighted by Crippen LogP contribution is -2.54. The number of hydrogen-bond acceptors (Lipinski definition) is 5. The molecular weight excluding hydrogens is 453 g/mol. The van der Waals surface area contributed by atoms with Gasteiger partial charge in [-0.15, -0.1) is 0 Å². The van der Waals surface area contributed by atoms with Crippen molar-refractivity contribution in [2.45, 2.75) is 19.1 Å². The first-order valence-electron chi connectivity index (χ1n) is 10.5. The molecule has 0 aromatic heterocycles. The van der Waals surface area contributed by atoms with Gasteiger partial charge < -0.3 is 24.6 Å². The van der Waals surface area contributed by atoms with E-state index < -0.39 is 6.10 Å². The van der Waals surface area contributed by atoms with Gasteiger partial charge in [-0.2, -0.15) is 0 Å². The Hall–Kier alpha value is -2.48. The lowest BCUT2D eigenvalue weighted by Gasteiger charge is -2.38. The van der Waals surface area contributed by atoms with Gasteiger partial charge in [0.25, 0.3) is 5.91 Å². The van der Waals surface area contributed by atoms with Crippen LogP contribution in [0.3, 0.4) is 0 Å². The van der Waals surface area contributed by atoms with Crippen molar-refractivity contribution in [2.75, 3.05) is 44.3 Å². The van der Waals surface area contributed by atoms with Crippen molar-refractivity contribution < 1.29 is 19.1 Å². The molecule has 0 saturated carbocycles. The van der Waals surface area contributed by atoms with Crippen LogP contribution in [0.2, 0.25) is 10.0 Å². The molecule has 2 heterocycles. The zero-order valence-corrected chi connectivity index (χ0v) is 19.2. The Bertz CT molecular complexity index is 997. The Morgan fingerprint density at radius 1 is 1.16 bits per heavy atom. The van der Waals surface area contributed by atoms with Crippen LogP contribution in [0.5, 0.6) is 5.75 Å². The van der Waals surface area contributed by atoms with E-state index >= 15 is 0 Å². The predicted molar refractivity (Wildman–Crippen MR) is 123 cm³/mol. The summed E-state index contributed by atoms with van der Waals surface area (Å²) in [5, 5.41) is 4.02. The van der Waals surface area contributed by atoms with E-state index in [0.717, 1.165) is 11.3 Å². The van der Waals surface area contributed by atoms with Gasteiger partial charge >= 0.3 is 0 Å². The lowest BCUT2D eigenvalue weighted by atomic mass is 10.1. The van der Waals surface area contributed by atoms with E-state index in [4.69, 9.17) is 32.7 Å². The van der Waals surface area contributed by atoms with Gasteiger partial charge in [0.15, 0.2) is 6.10 Å². The van der Waals surface area contributed by atoms with Gasteiger partial charge in [0.1, 0.15) is 5.75 Å². The molecule has 9 heteroatoms. The average Bonchev–Trinajstić information content (AvgIpc) is 2.79. The van der Waals surface area contributed by atoms with Gasteiger partial charge in [-0.25, -0.2) is 0 Å². The third kappa shape index (κ3) is 5.11. The number of ether oxygens (including phenoxy) is 2. The summed E-state index contributed by atoms with van der Waals surface area (Å²) >= 11 is 12.3. The van der Waals surface area contributed by atoms with Crippen LogP contribution in [0.1, 0.15) is 18.5 Å². The number of carbonyl (C=O) groups is 2. The van der Waals surface area contributed by atoms with E-state index in [1.54, 1.807) is 23.1 Å². The summed E-state index contributed by atoms with van der Waals surface area (Å²) in [4.78, 5) is 29.5. The zero-order valence-electron chi connectivity index (χ0n) is 17.7. The van der Waals surface area contributed by atoms with E-state index in [-0.39, 0.29) is 30.9 Å². The second kappa shape index (κ2) is 9.98. The summed E-state index contributed by atoms with van der Waals surface area (Å²) in [5.74, 6) is 0.319. The normalized spacial score (nSPS) is 19.0. The molecule has 0 spiro atoms.